The molecule has 4 nitrogen and oxygen atoms in total. The van der Waals surface area contributed by atoms with Crippen LogP contribution in [0.2, 0.25) is 0 Å². The predicted octanol–water partition coefficient (Wildman–Crippen LogP) is 4.45. The lowest BCUT2D eigenvalue weighted by Crippen LogP contribution is -2.54. The molecule has 0 N–H and O–H groups in total. The van der Waals surface area contributed by atoms with Crippen LogP contribution in [0.3, 0.4) is 0 Å². The minimum atomic E-state index is -4.38. The van der Waals surface area contributed by atoms with E-state index < -0.39 is 11.7 Å². The van der Waals surface area contributed by atoms with Gasteiger partial charge in [-0.25, -0.2) is 4.98 Å². The van der Waals surface area contributed by atoms with Crippen molar-refractivity contribution >= 4 is 11.6 Å². The molecule has 1 atom stereocenters. The number of nitrogens with zero attached hydrogens (tertiary/aromatic N) is 2. The van der Waals surface area contributed by atoms with E-state index in [0.717, 1.165) is 17.7 Å². The molecule has 0 radical (unpaired) electrons. The summed E-state index contributed by atoms with van der Waals surface area (Å²) in [6.45, 7) is 4.55. The van der Waals surface area contributed by atoms with Crippen LogP contribution in [-0.2, 0) is 11.0 Å². The number of ether oxygens (including phenoxy) is 1. The van der Waals surface area contributed by atoms with E-state index in [1.807, 2.05) is 31.2 Å². The summed E-state index contributed by atoms with van der Waals surface area (Å²) in [5, 5.41) is 0. The lowest BCUT2D eigenvalue weighted by atomic mass is 9.96. The monoisotopic (exact) mass is 378 g/mol. The van der Waals surface area contributed by atoms with Gasteiger partial charge in [0.05, 0.1) is 18.7 Å². The first-order chi connectivity index (χ1) is 12.7. The fourth-order valence-electron chi connectivity index (χ4n) is 3.08. The molecule has 0 amide bonds. The molecule has 0 spiro atoms. The molecule has 3 rings (SSSR count). The van der Waals surface area contributed by atoms with Gasteiger partial charge in [0.1, 0.15) is 23.5 Å². The molecule has 1 aliphatic rings. The Bertz CT molecular complexity index is 800. The zero-order valence-corrected chi connectivity index (χ0v) is 15.2. The van der Waals surface area contributed by atoms with Gasteiger partial charge in [0.15, 0.2) is 0 Å². The van der Waals surface area contributed by atoms with E-state index in [2.05, 4.69) is 4.98 Å². The van der Waals surface area contributed by atoms with Crippen molar-refractivity contribution in [3.05, 3.63) is 53.7 Å². The molecule has 1 aromatic heterocycles. The Kier molecular flexibility index (Phi) is 5.39. The smallest absolute Gasteiger partial charge is 0.416 e. The van der Waals surface area contributed by atoms with E-state index in [0.29, 0.717) is 31.1 Å². The molecule has 144 valence electrons. The van der Waals surface area contributed by atoms with Crippen LogP contribution in [0.15, 0.2) is 42.6 Å². The third-order valence-electron chi connectivity index (χ3n) is 4.59. The second-order valence-electron chi connectivity index (χ2n) is 6.92. The van der Waals surface area contributed by atoms with E-state index in [-0.39, 0.29) is 17.8 Å². The maximum atomic E-state index is 12.8. The van der Waals surface area contributed by atoms with Gasteiger partial charge in [-0.15, -0.1) is 0 Å². The third kappa shape index (κ3) is 4.78. The largest absolute Gasteiger partial charge is 0.487 e. The lowest BCUT2D eigenvalue weighted by Gasteiger charge is -2.40. The highest BCUT2D eigenvalue weighted by molar-refractivity contribution is 5.76. The fraction of sp³-hybridized carbons (Fsp3) is 0.400. The Labute approximate surface area is 156 Å². The summed E-state index contributed by atoms with van der Waals surface area (Å²) in [6.07, 6.45) is -2.80. The number of anilines is 1. The Hall–Kier alpha value is -2.57. The van der Waals surface area contributed by atoms with Gasteiger partial charge in [-0.2, -0.15) is 13.2 Å². The van der Waals surface area contributed by atoms with Crippen molar-refractivity contribution in [3.63, 3.8) is 0 Å². The number of benzene rings is 1. The van der Waals surface area contributed by atoms with Crippen LogP contribution >= 0.6 is 0 Å². The minimum Gasteiger partial charge on any atom is -0.487 e. The molecular formula is C20H21F3N2O2. The number of halogens is 3. The molecule has 1 fully saturated rings. The Morgan fingerprint density at radius 2 is 1.93 bits per heavy atom. The van der Waals surface area contributed by atoms with Gasteiger partial charge < -0.3 is 14.4 Å². The lowest BCUT2D eigenvalue weighted by molar-refractivity contribution is -0.137. The maximum absolute atomic E-state index is 12.8. The van der Waals surface area contributed by atoms with Crippen molar-refractivity contribution < 1.29 is 22.7 Å². The highest BCUT2D eigenvalue weighted by atomic mass is 19.4. The molecule has 1 aromatic carbocycles. The first-order valence-corrected chi connectivity index (χ1v) is 8.76. The van der Waals surface area contributed by atoms with Gasteiger partial charge in [0, 0.05) is 12.6 Å². The van der Waals surface area contributed by atoms with Crippen molar-refractivity contribution in [3.8, 4) is 5.75 Å². The van der Waals surface area contributed by atoms with Crippen LogP contribution in [0.4, 0.5) is 19.0 Å². The van der Waals surface area contributed by atoms with Crippen LogP contribution < -0.4 is 9.64 Å². The number of hydrogen-bond donors (Lipinski definition) is 0. The molecular weight excluding hydrogens is 357 g/mol. The van der Waals surface area contributed by atoms with Gasteiger partial charge in [-0.1, -0.05) is 19.1 Å². The summed E-state index contributed by atoms with van der Waals surface area (Å²) >= 11 is 0. The zero-order valence-electron chi connectivity index (χ0n) is 15.2. The van der Waals surface area contributed by atoms with Gasteiger partial charge >= 0.3 is 6.18 Å². The van der Waals surface area contributed by atoms with Gasteiger partial charge in [-0.3, -0.25) is 0 Å². The zero-order chi connectivity index (χ0) is 19.6. The van der Waals surface area contributed by atoms with Crippen LogP contribution in [0.5, 0.6) is 5.75 Å². The standard InChI is InChI=1S/C20H21F3N2O2/c1-13(9-14(2)26)15-3-5-17(6-4-15)27-18-11-25(12-18)19-10-16(7-8-24-19)20(21,22)23/h3-8,10,13,18H,9,11-12H2,1-2H3/t13-/m1/s1. The number of alkyl halides is 3. The fourth-order valence-corrected chi connectivity index (χ4v) is 3.08. The van der Waals surface area contributed by atoms with Crippen molar-refractivity contribution in [2.75, 3.05) is 18.0 Å². The van der Waals surface area contributed by atoms with Crippen LogP contribution in [0, 0.1) is 0 Å². The number of hydrogen-bond acceptors (Lipinski definition) is 4. The summed E-state index contributed by atoms with van der Waals surface area (Å²) in [7, 11) is 0. The van der Waals surface area contributed by atoms with Crippen molar-refractivity contribution in [1.29, 1.82) is 0 Å². The molecule has 7 heteroatoms. The number of rotatable bonds is 6. The molecule has 1 aliphatic heterocycles. The summed E-state index contributed by atoms with van der Waals surface area (Å²) in [4.78, 5) is 17.0. The average molecular weight is 378 g/mol. The molecule has 2 heterocycles. The van der Waals surface area contributed by atoms with Crippen LogP contribution in [0.25, 0.3) is 0 Å². The Balaban J connectivity index is 1.54. The number of aromatic nitrogens is 1. The second kappa shape index (κ2) is 7.58. The molecule has 0 aliphatic carbocycles. The predicted molar refractivity (Wildman–Crippen MR) is 96.0 cm³/mol. The van der Waals surface area contributed by atoms with Crippen molar-refractivity contribution in [2.45, 2.75) is 38.5 Å². The number of carbonyl (C=O) groups excluding carboxylic acids is 1. The van der Waals surface area contributed by atoms with E-state index in [1.165, 1.54) is 6.20 Å². The summed E-state index contributed by atoms with van der Waals surface area (Å²) < 4.78 is 44.2. The van der Waals surface area contributed by atoms with Crippen molar-refractivity contribution in [1.82, 2.24) is 4.98 Å². The first-order valence-electron chi connectivity index (χ1n) is 8.76. The van der Waals surface area contributed by atoms with E-state index in [4.69, 9.17) is 4.74 Å². The number of ketones is 1. The highest BCUT2D eigenvalue weighted by Crippen LogP contribution is 2.32. The van der Waals surface area contributed by atoms with Crippen molar-refractivity contribution in [2.24, 2.45) is 0 Å². The summed E-state index contributed by atoms with van der Waals surface area (Å²) in [5.41, 5.74) is 0.369. The van der Waals surface area contributed by atoms with E-state index in [1.54, 1.807) is 11.8 Å². The topological polar surface area (TPSA) is 42.4 Å². The number of Topliss-reactive ketones (excluding diaryl/α,β-unsaturated/α-hetero) is 1. The maximum Gasteiger partial charge on any atom is 0.416 e. The number of pyridine rings is 1. The second-order valence-corrected chi connectivity index (χ2v) is 6.92. The molecule has 27 heavy (non-hydrogen) atoms. The average Bonchev–Trinajstić information content (AvgIpc) is 2.57. The quantitative estimate of drug-likeness (QED) is 0.745. The SMILES string of the molecule is CC(=O)C[C@@H](C)c1ccc(OC2CN(c3cc(C(F)(F)F)ccn3)C2)cc1. The molecule has 1 saturated heterocycles. The van der Waals surface area contributed by atoms with Gasteiger partial charge in [-0.05, 0) is 42.7 Å². The molecule has 0 bridgehead atoms. The Morgan fingerprint density at radius 3 is 2.52 bits per heavy atom. The normalized spacial score (nSPS) is 16.0. The van der Waals surface area contributed by atoms with Gasteiger partial charge in [0.2, 0.25) is 0 Å². The molecule has 2 aromatic rings. The highest BCUT2D eigenvalue weighted by Gasteiger charge is 2.34. The van der Waals surface area contributed by atoms with Gasteiger partial charge in [0.25, 0.3) is 0 Å². The third-order valence-corrected chi connectivity index (χ3v) is 4.59. The molecule has 0 saturated carbocycles. The van der Waals surface area contributed by atoms with Crippen LogP contribution in [0.1, 0.15) is 37.3 Å². The first kappa shape index (κ1) is 19.2. The van der Waals surface area contributed by atoms with Crippen LogP contribution in [-0.4, -0.2) is 30.0 Å². The minimum absolute atomic E-state index is 0.0955. The molecule has 0 unspecified atom stereocenters. The summed E-state index contributed by atoms with van der Waals surface area (Å²) in [5.74, 6) is 1.32. The van der Waals surface area contributed by atoms with E-state index in [9.17, 15) is 18.0 Å². The van der Waals surface area contributed by atoms with E-state index >= 15 is 0 Å². The summed E-state index contributed by atoms with van der Waals surface area (Å²) in [6, 6.07) is 9.61. The number of carbonyl (C=O) groups is 1. The Morgan fingerprint density at radius 1 is 1.26 bits per heavy atom.